The molecule has 8 nitrogen and oxygen atoms in total. The lowest BCUT2D eigenvalue weighted by Crippen LogP contribution is -2.61. The van der Waals surface area contributed by atoms with Gasteiger partial charge in [0.2, 0.25) is 0 Å². The topological polar surface area (TPSA) is 73.9 Å². The van der Waals surface area contributed by atoms with E-state index < -0.39 is 0 Å². The van der Waals surface area contributed by atoms with Crippen molar-refractivity contribution in [3.8, 4) is 0 Å². The molecule has 0 saturated carbocycles. The zero-order valence-corrected chi connectivity index (χ0v) is 13.5. The molecule has 23 heavy (non-hydrogen) atoms. The monoisotopic (exact) mass is 313 g/mol. The fraction of sp³-hybridized carbons (Fsp3) is 0.467. The van der Waals surface area contributed by atoms with Crippen LogP contribution in [-0.2, 0) is 23.9 Å². The van der Waals surface area contributed by atoms with Gasteiger partial charge in [0, 0.05) is 26.9 Å². The fourth-order valence-electron chi connectivity index (χ4n) is 3.27. The molecule has 0 unspecified atom stereocenters. The highest BCUT2D eigenvalue weighted by molar-refractivity contribution is 5.84. The van der Waals surface area contributed by atoms with Gasteiger partial charge in [0.25, 0.3) is 0 Å². The Kier molecular flexibility index (Phi) is 3.08. The van der Waals surface area contributed by atoms with Crippen molar-refractivity contribution in [3.63, 3.8) is 0 Å². The maximum atomic E-state index is 5.82. The van der Waals surface area contributed by atoms with Crippen LogP contribution in [0.1, 0.15) is 12.6 Å². The average Bonchev–Trinajstić information content (AvgIpc) is 3.14. The molecule has 4 rings (SSSR count). The summed E-state index contributed by atoms with van der Waals surface area (Å²) in [6, 6.07) is 2.00. The van der Waals surface area contributed by atoms with Crippen LogP contribution < -0.4 is 4.90 Å². The summed E-state index contributed by atoms with van der Waals surface area (Å²) in [7, 11) is 3.68. The molecule has 8 heteroatoms. The summed E-state index contributed by atoms with van der Waals surface area (Å²) in [4.78, 5) is 15.5. The smallest absolute Gasteiger partial charge is 0.165 e. The van der Waals surface area contributed by atoms with Gasteiger partial charge in [-0.3, -0.25) is 4.68 Å². The normalized spacial score (nSPS) is 16.7. The molecule has 1 saturated heterocycles. The molecule has 3 aromatic heterocycles. The van der Waals surface area contributed by atoms with E-state index in [-0.39, 0.29) is 5.60 Å². The standard InChI is InChI=1S/C15H19N7O/c1-4-21-10-18-12-13(21)16-9-17-14(12)22-7-15(8-22,23-3)11-5-6-19-20(11)2/h5-6,9-10H,4,7-8H2,1-3H3. The molecule has 0 radical (unpaired) electrons. The lowest BCUT2D eigenvalue weighted by Gasteiger charge is -2.49. The number of aromatic nitrogens is 6. The average molecular weight is 313 g/mol. The number of hydrogen-bond acceptors (Lipinski definition) is 6. The van der Waals surface area contributed by atoms with E-state index in [4.69, 9.17) is 4.74 Å². The molecule has 0 spiro atoms. The van der Waals surface area contributed by atoms with Gasteiger partial charge in [-0.25, -0.2) is 15.0 Å². The Morgan fingerprint density at radius 3 is 2.74 bits per heavy atom. The second-order valence-corrected chi connectivity index (χ2v) is 5.79. The van der Waals surface area contributed by atoms with Gasteiger partial charge in [-0.05, 0) is 13.0 Å². The summed E-state index contributed by atoms with van der Waals surface area (Å²) < 4.78 is 9.70. The van der Waals surface area contributed by atoms with Crippen molar-refractivity contribution in [1.82, 2.24) is 29.3 Å². The van der Waals surface area contributed by atoms with Crippen LogP contribution in [-0.4, -0.2) is 49.5 Å². The van der Waals surface area contributed by atoms with Crippen LogP contribution in [0.5, 0.6) is 0 Å². The quantitative estimate of drug-likeness (QED) is 0.714. The van der Waals surface area contributed by atoms with E-state index in [1.165, 1.54) is 0 Å². The van der Waals surface area contributed by atoms with Gasteiger partial charge >= 0.3 is 0 Å². The number of methoxy groups -OCH3 is 1. The van der Waals surface area contributed by atoms with E-state index in [1.54, 1.807) is 19.6 Å². The van der Waals surface area contributed by atoms with Crippen molar-refractivity contribution < 1.29 is 4.74 Å². The minimum Gasteiger partial charge on any atom is -0.368 e. The maximum Gasteiger partial charge on any atom is 0.165 e. The van der Waals surface area contributed by atoms with Crippen LogP contribution in [0, 0.1) is 0 Å². The Bertz CT molecular complexity index is 847. The van der Waals surface area contributed by atoms with Crippen molar-refractivity contribution >= 4 is 17.0 Å². The molecule has 0 atom stereocenters. The predicted molar refractivity (Wildman–Crippen MR) is 85.1 cm³/mol. The number of aryl methyl sites for hydroxylation is 2. The van der Waals surface area contributed by atoms with Gasteiger partial charge in [0.1, 0.15) is 11.9 Å². The van der Waals surface area contributed by atoms with Gasteiger partial charge in [0.05, 0.1) is 25.1 Å². The van der Waals surface area contributed by atoms with Crippen molar-refractivity contribution in [1.29, 1.82) is 0 Å². The van der Waals surface area contributed by atoms with Gasteiger partial charge in [-0.2, -0.15) is 5.10 Å². The summed E-state index contributed by atoms with van der Waals surface area (Å²) in [5.74, 6) is 0.858. The highest BCUT2D eigenvalue weighted by Gasteiger charge is 2.48. The predicted octanol–water partition coefficient (Wildman–Crippen LogP) is 0.942. The van der Waals surface area contributed by atoms with Crippen LogP contribution in [0.15, 0.2) is 24.9 Å². The Morgan fingerprint density at radius 1 is 1.26 bits per heavy atom. The Labute approximate surface area is 133 Å². The molecule has 0 aliphatic carbocycles. The molecular weight excluding hydrogens is 294 g/mol. The number of fused-ring (bicyclic) bond motifs is 1. The zero-order chi connectivity index (χ0) is 16.0. The molecule has 4 heterocycles. The molecule has 0 aromatic carbocycles. The number of nitrogens with zero attached hydrogens (tertiary/aromatic N) is 7. The number of imidazole rings is 1. The Morgan fingerprint density at radius 2 is 2.09 bits per heavy atom. The minimum atomic E-state index is -0.351. The first kappa shape index (κ1) is 14.1. The number of hydrogen-bond donors (Lipinski definition) is 0. The first-order valence-corrected chi connectivity index (χ1v) is 7.63. The third-order valence-electron chi connectivity index (χ3n) is 4.59. The lowest BCUT2D eigenvalue weighted by molar-refractivity contribution is -0.0446. The van der Waals surface area contributed by atoms with E-state index in [1.807, 2.05) is 28.7 Å². The molecule has 3 aromatic rings. The lowest BCUT2D eigenvalue weighted by atomic mass is 9.90. The van der Waals surface area contributed by atoms with Crippen LogP contribution in [0.25, 0.3) is 11.2 Å². The van der Waals surface area contributed by atoms with E-state index in [0.29, 0.717) is 13.1 Å². The number of ether oxygens (including phenoxy) is 1. The largest absolute Gasteiger partial charge is 0.368 e. The van der Waals surface area contributed by atoms with Crippen molar-refractivity contribution in [2.75, 3.05) is 25.1 Å². The summed E-state index contributed by atoms with van der Waals surface area (Å²) in [5.41, 5.74) is 2.42. The van der Waals surface area contributed by atoms with E-state index >= 15 is 0 Å². The fourth-order valence-corrected chi connectivity index (χ4v) is 3.27. The first-order valence-electron chi connectivity index (χ1n) is 7.63. The van der Waals surface area contributed by atoms with Crippen LogP contribution in [0.4, 0.5) is 5.82 Å². The zero-order valence-electron chi connectivity index (χ0n) is 13.5. The highest BCUT2D eigenvalue weighted by Crippen LogP contribution is 2.38. The van der Waals surface area contributed by atoms with Gasteiger partial charge in [-0.1, -0.05) is 0 Å². The molecule has 1 aliphatic rings. The van der Waals surface area contributed by atoms with E-state index in [9.17, 15) is 0 Å². The van der Waals surface area contributed by atoms with E-state index in [0.717, 1.165) is 29.2 Å². The summed E-state index contributed by atoms with van der Waals surface area (Å²) in [6.07, 6.45) is 5.21. The molecule has 0 N–H and O–H groups in total. The Hall–Kier alpha value is -2.48. The second kappa shape index (κ2) is 5.02. The first-order chi connectivity index (χ1) is 11.2. The van der Waals surface area contributed by atoms with Gasteiger partial charge < -0.3 is 14.2 Å². The van der Waals surface area contributed by atoms with Crippen LogP contribution >= 0.6 is 0 Å². The maximum absolute atomic E-state index is 5.82. The molecular formula is C15H19N7O. The summed E-state index contributed by atoms with van der Waals surface area (Å²) >= 11 is 0. The van der Waals surface area contributed by atoms with Gasteiger partial charge in [0.15, 0.2) is 17.0 Å². The van der Waals surface area contributed by atoms with Crippen molar-refractivity contribution in [2.24, 2.45) is 7.05 Å². The molecule has 1 aliphatic heterocycles. The van der Waals surface area contributed by atoms with Crippen molar-refractivity contribution in [3.05, 3.63) is 30.6 Å². The molecule has 120 valence electrons. The van der Waals surface area contributed by atoms with Crippen LogP contribution in [0.3, 0.4) is 0 Å². The SMILES string of the molecule is CCn1cnc2c(N3CC(OC)(c4ccnn4C)C3)ncnc21. The van der Waals surface area contributed by atoms with Crippen molar-refractivity contribution in [2.45, 2.75) is 19.1 Å². The van der Waals surface area contributed by atoms with Gasteiger partial charge in [-0.15, -0.1) is 0 Å². The molecule has 0 bridgehead atoms. The summed E-state index contributed by atoms with van der Waals surface area (Å²) in [6.45, 7) is 4.34. The molecule has 0 amide bonds. The third-order valence-corrected chi connectivity index (χ3v) is 4.59. The second-order valence-electron chi connectivity index (χ2n) is 5.79. The molecule has 1 fully saturated rings. The highest BCUT2D eigenvalue weighted by atomic mass is 16.5. The van der Waals surface area contributed by atoms with Crippen LogP contribution in [0.2, 0.25) is 0 Å². The summed E-state index contributed by atoms with van der Waals surface area (Å²) in [5, 5.41) is 4.25. The Balaban J connectivity index is 1.67. The number of anilines is 1. The number of rotatable bonds is 4. The van der Waals surface area contributed by atoms with E-state index in [2.05, 4.69) is 31.9 Å². The minimum absolute atomic E-state index is 0.351. The third kappa shape index (κ3) is 1.94.